The van der Waals surface area contributed by atoms with Crippen molar-refractivity contribution in [3.05, 3.63) is 57.8 Å². The summed E-state index contributed by atoms with van der Waals surface area (Å²) in [6, 6.07) is 14.4. The Labute approximate surface area is 112 Å². The van der Waals surface area contributed by atoms with E-state index < -0.39 is 0 Å². The molecule has 1 aromatic heterocycles. The van der Waals surface area contributed by atoms with Crippen LogP contribution in [0.4, 0.5) is 0 Å². The van der Waals surface area contributed by atoms with Crippen LogP contribution in [0.2, 0.25) is 0 Å². The summed E-state index contributed by atoms with van der Waals surface area (Å²) < 4.78 is 0. The van der Waals surface area contributed by atoms with Gasteiger partial charge in [0.05, 0.1) is 6.07 Å². The van der Waals surface area contributed by atoms with Crippen LogP contribution in [0.25, 0.3) is 0 Å². The second-order valence-corrected chi connectivity index (χ2v) is 5.11. The molecule has 1 unspecified atom stereocenters. The van der Waals surface area contributed by atoms with Crippen molar-refractivity contribution in [1.29, 1.82) is 5.26 Å². The summed E-state index contributed by atoms with van der Waals surface area (Å²) in [6.45, 7) is 2.86. The van der Waals surface area contributed by atoms with E-state index in [1.807, 2.05) is 24.3 Å². The number of nitrogens with zero attached hydrogens (tertiary/aromatic N) is 1. The summed E-state index contributed by atoms with van der Waals surface area (Å²) in [5.74, 6) is 0. The third-order valence-electron chi connectivity index (χ3n) is 2.94. The minimum Gasteiger partial charge on any atom is -0.293 e. The Bertz CT molecular complexity index is 526. The van der Waals surface area contributed by atoms with Gasteiger partial charge < -0.3 is 0 Å². The van der Waals surface area contributed by atoms with E-state index in [1.54, 1.807) is 11.3 Å². The van der Waals surface area contributed by atoms with Gasteiger partial charge in [0.1, 0.15) is 6.04 Å². The molecule has 1 heterocycles. The lowest BCUT2D eigenvalue weighted by atomic mass is 9.99. The molecule has 1 atom stereocenters. The average molecular weight is 256 g/mol. The van der Waals surface area contributed by atoms with Gasteiger partial charge in [-0.25, -0.2) is 0 Å². The molecule has 2 aromatic rings. The predicted octanol–water partition coefficient (Wildman–Crippen LogP) is 3.66. The molecule has 0 saturated heterocycles. The van der Waals surface area contributed by atoms with Gasteiger partial charge in [0.25, 0.3) is 0 Å². The van der Waals surface area contributed by atoms with E-state index in [0.29, 0.717) is 0 Å². The van der Waals surface area contributed by atoms with Crippen molar-refractivity contribution in [3.63, 3.8) is 0 Å². The topological polar surface area (TPSA) is 35.8 Å². The second kappa shape index (κ2) is 6.34. The van der Waals surface area contributed by atoms with E-state index in [1.165, 1.54) is 10.4 Å². The highest BCUT2D eigenvalue weighted by atomic mass is 32.1. The van der Waals surface area contributed by atoms with Gasteiger partial charge in [-0.2, -0.15) is 5.26 Å². The molecule has 0 aliphatic carbocycles. The van der Waals surface area contributed by atoms with Crippen LogP contribution in [0, 0.1) is 11.3 Å². The van der Waals surface area contributed by atoms with Gasteiger partial charge in [-0.3, -0.25) is 5.32 Å². The Hall–Kier alpha value is -1.63. The SMILES string of the molecule is CCc1ccccc1C(C#N)NCc1cccs1. The molecule has 3 heteroatoms. The molecule has 0 aliphatic rings. The number of aryl methyl sites for hydroxylation is 1. The van der Waals surface area contributed by atoms with Crippen molar-refractivity contribution in [3.8, 4) is 6.07 Å². The van der Waals surface area contributed by atoms with Gasteiger partial charge in [-0.15, -0.1) is 11.3 Å². The summed E-state index contributed by atoms with van der Waals surface area (Å²) in [6.07, 6.45) is 0.953. The number of rotatable bonds is 5. The number of nitriles is 1. The lowest BCUT2D eigenvalue weighted by Gasteiger charge is -2.14. The van der Waals surface area contributed by atoms with Crippen LogP contribution in [-0.4, -0.2) is 0 Å². The predicted molar refractivity (Wildman–Crippen MR) is 75.3 cm³/mol. The first-order valence-corrected chi connectivity index (χ1v) is 6.96. The van der Waals surface area contributed by atoms with Crippen LogP contribution < -0.4 is 5.32 Å². The van der Waals surface area contributed by atoms with Gasteiger partial charge in [0, 0.05) is 11.4 Å². The number of benzene rings is 1. The van der Waals surface area contributed by atoms with Crippen molar-refractivity contribution in [2.24, 2.45) is 0 Å². The molecule has 1 N–H and O–H groups in total. The maximum atomic E-state index is 9.32. The first-order valence-electron chi connectivity index (χ1n) is 6.08. The van der Waals surface area contributed by atoms with Crippen molar-refractivity contribution in [2.45, 2.75) is 25.9 Å². The van der Waals surface area contributed by atoms with Gasteiger partial charge in [-0.05, 0) is 29.0 Å². The Balaban J connectivity index is 2.11. The molecule has 0 spiro atoms. The van der Waals surface area contributed by atoms with E-state index in [0.717, 1.165) is 18.5 Å². The Kier molecular flexibility index (Phi) is 4.52. The largest absolute Gasteiger partial charge is 0.293 e. The highest BCUT2D eigenvalue weighted by Crippen LogP contribution is 2.19. The van der Waals surface area contributed by atoms with Gasteiger partial charge in [0.2, 0.25) is 0 Å². The van der Waals surface area contributed by atoms with Crippen LogP contribution >= 0.6 is 11.3 Å². The standard InChI is InChI=1S/C15H16N2S/c1-2-12-6-3-4-8-14(12)15(10-16)17-11-13-7-5-9-18-13/h3-9,15,17H,2,11H2,1H3. The zero-order valence-electron chi connectivity index (χ0n) is 10.4. The summed E-state index contributed by atoms with van der Waals surface area (Å²) in [4.78, 5) is 1.25. The summed E-state index contributed by atoms with van der Waals surface area (Å²) in [5, 5.41) is 14.7. The van der Waals surface area contributed by atoms with E-state index in [9.17, 15) is 5.26 Å². The number of nitrogens with one attached hydrogen (secondary N) is 1. The molecule has 0 aliphatic heterocycles. The first kappa shape index (κ1) is 12.8. The molecule has 0 saturated carbocycles. The van der Waals surface area contributed by atoms with Crippen LogP contribution in [0.5, 0.6) is 0 Å². The van der Waals surface area contributed by atoms with Gasteiger partial charge >= 0.3 is 0 Å². The maximum absolute atomic E-state index is 9.32. The molecule has 0 fully saturated rings. The van der Waals surface area contributed by atoms with E-state index in [2.05, 4.69) is 35.8 Å². The molecular weight excluding hydrogens is 240 g/mol. The number of hydrogen-bond donors (Lipinski definition) is 1. The Morgan fingerprint density at radius 2 is 2.11 bits per heavy atom. The molecule has 0 amide bonds. The first-order chi connectivity index (χ1) is 8.85. The second-order valence-electron chi connectivity index (χ2n) is 4.07. The Morgan fingerprint density at radius 1 is 1.28 bits per heavy atom. The molecule has 0 radical (unpaired) electrons. The van der Waals surface area contributed by atoms with Crippen LogP contribution in [-0.2, 0) is 13.0 Å². The van der Waals surface area contributed by atoms with E-state index in [-0.39, 0.29) is 6.04 Å². The normalized spacial score (nSPS) is 12.0. The average Bonchev–Trinajstić information content (AvgIpc) is 2.93. The molecule has 18 heavy (non-hydrogen) atoms. The summed E-state index contributed by atoms with van der Waals surface area (Å²) >= 11 is 1.71. The van der Waals surface area contributed by atoms with Crippen molar-refractivity contribution < 1.29 is 0 Å². The Morgan fingerprint density at radius 3 is 2.78 bits per heavy atom. The zero-order chi connectivity index (χ0) is 12.8. The zero-order valence-corrected chi connectivity index (χ0v) is 11.2. The summed E-state index contributed by atoms with van der Waals surface area (Å²) in [5.41, 5.74) is 2.33. The fraction of sp³-hybridized carbons (Fsp3) is 0.267. The smallest absolute Gasteiger partial charge is 0.121 e. The van der Waals surface area contributed by atoms with Crippen molar-refractivity contribution >= 4 is 11.3 Å². The highest BCUT2D eigenvalue weighted by Gasteiger charge is 2.12. The fourth-order valence-electron chi connectivity index (χ4n) is 1.98. The quantitative estimate of drug-likeness (QED) is 0.886. The number of hydrogen-bond acceptors (Lipinski definition) is 3. The molecule has 2 nitrogen and oxygen atoms in total. The molecule has 1 aromatic carbocycles. The lowest BCUT2D eigenvalue weighted by Crippen LogP contribution is -2.20. The lowest BCUT2D eigenvalue weighted by molar-refractivity contribution is 0.631. The third kappa shape index (κ3) is 2.98. The van der Waals surface area contributed by atoms with Crippen molar-refractivity contribution in [1.82, 2.24) is 5.32 Å². The fourth-order valence-corrected chi connectivity index (χ4v) is 2.63. The van der Waals surface area contributed by atoms with Crippen LogP contribution in [0.3, 0.4) is 0 Å². The maximum Gasteiger partial charge on any atom is 0.121 e. The highest BCUT2D eigenvalue weighted by molar-refractivity contribution is 7.09. The minimum absolute atomic E-state index is 0.233. The molecular formula is C15H16N2S. The molecule has 0 bridgehead atoms. The third-order valence-corrected chi connectivity index (χ3v) is 3.81. The summed E-state index contributed by atoms with van der Waals surface area (Å²) in [7, 11) is 0. The molecule has 2 rings (SSSR count). The minimum atomic E-state index is -0.233. The number of thiophene rings is 1. The van der Waals surface area contributed by atoms with Crippen molar-refractivity contribution in [2.75, 3.05) is 0 Å². The van der Waals surface area contributed by atoms with E-state index in [4.69, 9.17) is 0 Å². The molecule has 92 valence electrons. The van der Waals surface area contributed by atoms with Gasteiger partial charge in [-0.1, -0.05) is 37.3 Å². The van der Waals surface area contributed by atoms with Gasteiger partial charge in [0.15, 0.2) is 0 Å². The van der Waals surface area contributed by atoms with Crippen LogP contribution in [0.15, 0.2) is 41.8 Å². The monoisotopic (exact) mass is 256 g/mol. The van der Waals surface area contributed by atoms with Crippen LogP contribution in [0.1, 0.15) is 29.0 Å². The van der Waals surface area contributed by atoms with E-state index >= 15 is 0 Å².